The highest BCUT2D eigenvalue weighted by atomic mass is 32.1. The first kappa shape index (κ1) is 11.4. The van der Waals surface area contributed by atoms with E-state index in [-0.39, 0.29) is 0 Å². The van der Waals surface area contributed by atoms with Crippen LogP contribution in [0.2, 0.25) is 0 Å². The van der Waals surface area contributed by atoms with Crippen molar-refractivity contribution < 1.29 is 4.74 Å². The molecular weight excluding hydrogens is 218 g/mol. The second-order valence-corrected chi connectivity index (χ2v) is 4.79. The first-order valence-electron chi connectivity index (χ1n) is 5.78. The zero-order valence-electron chi connectivity index (χ0n) is 9.32. The van der Waals surface area contributed by atoms with Crippen LogP contribution in [0, 0.1) is 5.92 Å². The zero-order valence-corrected chi connectivity index (χ0v) is 10.1. The zero-order chi connectivity index (χ0) is 11.4. The molecular formula is C13H17NOS. The molecule has 0 heterocycles. The van der Waals surface area contributed by atoms with Crippen molar-refractivity contribution in [2.24, 2.45) is 11.7 Å². The molecule has 1 saturated carbocycles. The predicted octanol–water partition coefficient (Wildman–Crippen LogP) is 2.89. The van der Waals surface area contributed by atoms with Crippen molar-refractivity contribution in [2.75, 3.05) is 6.61 Å². The molecule has 2 nitrogen and oxygen atoms in total. The lowest BCUT2D eigenvalue weighted by Gasteiger charge is -2.11. The minimum absolute atomic E-state index is 0.433. The summed E-state index contributed by atoms with van der Waals surface area (Å²) >= 11 is 4.89. The van der Waals surface area contributed by atoms with Crippen molar-refractivity contribution in [3.63, 3.8) is 0 Å². The number of thiocarbonyl (C=S) groups is 1. The van der Waals surface area contributed by atoms with E-state index in [1.807, 2.05) is 24.3 Å². The minimum atomic E-state index is 0.433. The van der Waals surface area contributed by atoms with E-state index in [0.29, 0.717) is 4.99 Å². The molecule has 1 aliphatic rings. The maximum Gasteiger partial charge on any atom is 0.119 e. The Morgan fingerprint density at radius 2 is 1.88 bits per heavy atom. The average Bonchev–Trinajstić information content (AvgIpc) is 2.80. The number of nitrogens with two attached hydrogens (primary N) is 1. The van der Waals surface area contributed by atoms with Crippen LogP contribution in [0.15, 0.2) is 24.3 Å². The summed E-state index contributed by atoms with van der Waals surface area (Å²) in [5, 5.41) is 0. The maximum absolute atomic E-state index is 5.74. The van der Waals surface area contributed by atoms with E-state index in [4.69, 9.17) is 22.7 Å². The molecule has 0 saturated heterocycles. The molecule has 86 valence electrons. The van der Waals surface area contributed by atoms with Crippen LogP contribution in [0.3, 0.4) is 0 Å². The van der Waals surface area contributed by atoms with E-state index in [0.717, 1.165) is 23.8 Å². The molecule has 0 aliphatic heterocycles. The molecule has 0 spiro atoms. The largest absolute Gasteiger partial charge is 0.493 e. The van der Waals surface area contributed by atoms with Gasteiger partial charge in [0.05, 0.1) is 6.61 Å². The van der Waals surface area contributed by atoms with Crippen LogP contribution in [-0.2, 0) is 0 Å². The molecule has 0 amide bonds. The van der Waals surface area contributed by atoms with Gasteiger partial charge in [-0.05, 0) is 43.0 Å². The van der Waals surface area contributed by atoms with E-state index in [2.05, 4.69) is 0 Å². The Morgan fingerprint density at radius 1 is 1.25 bits per heavy atom. The van der Waals surface area contributed by atoms with Crippen molar-refractivity contribution in [1.29, 1.82) is 0 Å². The number of benzene rings is 1. The van der Waals surface area contributed by atoms with Gasteiger partial charge in [0, 0.05) is 5.56 Å². The molecule has 0 bridgehead atoms. The van der Waals surface area contributed by atoms with Gasteiger partial charge in [0.25, 0.3) is 0 Å². The monoisotopic (exact) mass is 235 g/mol. The molecule has 1 aromatic carbocycles. The average molecular weight is 235 g/mol. The number of hydrogen-bond donors (Lipinski definition) is 1. The van der Waals surface area contributed by atoms with E-state index in [1.165, 1.54) is 25.7 Å². The third-order valence-corrected chi connectivity index (χ3v) is 3.33. The standard InChI is InChI=1S/C13H17NOS/c14-13(16)11-5-7-12(8-6-11)15-9-10-3-1-2-4-10/h5-8,10H,1-4,9H2,(H2,14,16). The highest BCUT2D eigenvalue weighted by Gasteiger charge is 2.15. The van der Waals surface area contributed by atoms with E-state index < -0.39 is 0 Å². The minimum Gasteiger partial charge on any atom is -0.493 e. The molecule has 0 radical (unpaired) electrons. The Kier molecular flexibility index (Phi) is 3.78. The number of ether oxygens (including phenoxy) is 1. The second-order valence-electron chi connectivity index (χ2n) is 4.35. The Balaban J connectivity index is 1.87. The molecule has 1 aromatic rings. The van der Waals surface area contributed by atoms with Crippen LogP contribution in [0.4, 0.5) is 0 Å². The molecule has 1 aliphatic carbocycles. The normalized spacial score (nSPS) is 16.2. The molecule has 2 rings (SSSR count). The predicted molar refractivity (Wildman–Crippen MR) is 69.8 cm³/mol. The SMILES string of the molecule is NC(=S)c1ccc(OCC2CCCC2)cc1. The van der Waals surface area contributed by atoms with Crippen LogP contribution in [-0.4, -0.2) is 11.6 Å². The van der Waals surface area contributed by atoms with Gasteiger partial charge in [0.1, 0.15) is 10.7 Å². The van der Waals surface area contributed by atoms with Crippen molar-refractivity contribution in [3.8, 4) is 5.75 Å². The fourth-order valence-corrected chi connectivity index (χ4v) is 2.24. The Labute approximate surface area is 102 Å². The lowest BCUT2D eigenvalue weighted by molar-refractivity contribution is 0.252. The number of hydrogen-bond acceptors (Lipinski definition) is 2. The summed E-state index contributed by atoms with van der Waals surface area (Å²) in [5.74, 6) is 1.65. The summed E-state index contributed by atoms with van der Waals surface area (Å²) in [4.78, 5) is 0.433. The van der Waals surface area contributed by atoms with Crippen molar-refractivity contribution in [3.05, 3.63) is 29.8 Å². The fourth-order valence-electron chi connectivity index (χ4n) is 2.11. The summed E-state index contributed by atoms with van der Waals surface area (Å²) in [6.45, 7) is 0.840. The second kappa shape index (κ2) is 5.30. The summed E-state index contributed by atoms with van der Waals surface area (Å²) in [6, 6.07) is 7.69. The third-order valence-electron chi connectivity index (χ3n) is 3.10. The molecule has 3 heteroatoms. The topological polar surface area (TPSA) is 35.2 Å². The first-order chi connectivity index (χ1) is 7.75. The molecule has 1 fully saturated rings. The number of rotatable bonds is 4. The van der Waals surface area contributed by atoms with Crippen LogP contribution >= 0.6 is 12.2 Å². The van der Waals surface area contributed by atoms with Crippen LogP contribution in [0.1, 0.15) is 31.2 Å². The van der Waals surface area contributed by atoms with E-state index in [1.54, 1.807) is 0 Å². The van der Waals surface area contributed by atoms with Gasteiger partial charge in [-0.2, -0.15) is 0 Å². The Hall–Kier alpha value is -1.09. The van der Waals surface area contributed by atoms with Crippen molar-refractivity contribution in [1.82, 2.24) is 0 Å². The Morgan fingerprint density at radius 3 is 2.44 bits per heavy atom. The Bertz CT molecular complexity index is 355. The van der Waals surface area contributed by atoms with Crippen molar-refractivity contribution >= 4 is 17.2 Å². The van der Waals surface area contributed by atoms with Crippen molar-refractivity contribution in [2.45, 2.75) is 25.7 Å². The van der Waals surface area contributed by atoms with Crippen LogP contribution in [0.25, 0.3) is 0 Å². The van der Waals surface area contributed by atoms with Gasteiger partial charge < -0.3 is 10.5 Å². The third kappa shape index (κ3) is 2.95. The van der Waals surface area contributed by atoms with Gasteiger partial charge in [0.2, 0.25) is 0 Å². The highest BCUT2D eigenvalue weighted by Crippen LogP contribution is 2.25. The molecule has 0 atom stereocenters. The lowest BCUT2D eigenvalue weighted by Crippen LogP contribution is -2.10. The van der Waals surface area contributed by atoms with Crippen LogP contribution in [0.5, 0.6) is 5.75 Å². The molecule has 0 unspecified atom stereocenters. The highest BCUT2D eigenvalue weighted by molar-refractivity contribution is 7.80. The first-order valence-corrected chi connectivity index (χ1v) is 6.19. The molecule has 2 N–H and O–H groups in total. The fraction of sp³-hybridized carbons (Fsp3) is 0.462. The van der Waals surface area contributed by atoms with Gasteiger partial charge in [-0.1, -0.05) is 25.1 Å². The quantitative estimate of drug-likeness (QED) is 0.815. The molecule has 0 aromatic heterocycles. The van der Waals surface area contributed by atoms with Gasteiger partial charge in [-0.25, -0.2) is 0 Å². The summed E-state index contributed by atoms with van der Waals surface area (Å²) in [7, 11) is 0. The lowest BCUT2D eigenvalue weighted by atomic mass is 10.1. The van der Waals surface area contributed by atoms with E-state index in [9.17, 15) is 0 Å². The van der Waals surface area contributed by atoms with Gasteiger partial charge in [-0.3, -0.25) is 0 Å². The van der Waals surface area contributed by atoms with Gasteiger partial charge in [0.15, 0.2) is 0 Å². The van der Waals surface area contributed by atoms with Crippen LogP contribution < -0.4 is 10.5 Å². The van der Waals surface area contributed by atoms with Gasteiger partial charge in [-0.15, -0.1) is 0 Å². The molecule has 16 heavy (non-hydrogen) atoms. The maximum atomic E-state index is 5.74. The smallest absolute Gasteiger partial charge is 0.119 e. The van der Waals surface area contributed by atoms with Gasteiger partial charge >= 0.3 is 0 Å². The van der Waals surface area contributed by atoms with E-state index >= 15 is 0 Å². The summed E-state index contributed by atoms with van der Waals surface area (Å²) in [6.07, 6.45) is 5.33. The summed E-state index contributed by atoms with van der Waals surface area (Å²) in [5.41, 5.74) is 6.42. The summed E-state index contributed by atoms with van der Waals surface area (Å²) < 4.78 is 5.74.